The Labute approximate surface area is 257 Å². The highest BCUT2D eigenvalue weighted by molar-refractivity contribution is 5.85. The van der Waals surface area contributed by atoms with Crippen molar-refractivity contribution in [1.82, 2.24) is 0 Å². The van der Waals surface area contributed by atoms with E-state index in [0.29, 0.717) is 56.8 Å². The highest BCUT2D eigenvalue weighted by Gasteiger charge is 2.37. The lowest BCUT2D eigenvalue weighted by Crippen LogP contribution is -2.26. The SMILES string of the molecule is C=CC(=O)Oc1cc(C(C)(C)c2cc(OC(=O)C=C)c(C)c(OC(C)C)c2OC(C)C)c(OC(C)C)c(OC(C)C)c1C. The predicted octanol–water partition coefficient (Wildman–Crippen LogP) is 7.96. The second-order valence-electron chi connectivity index (χ2n) is 12.0. The molecule has 0 unspecified atom stereocenters. The highest BCUT2D eigenvalue weighted by atomic mass is 16.6. The number of ether oxygens (including phenoxy) is 6. The van der Waals surface area contributed by atoms with E-state index in [0.717, 1.165) is 12.2 Å². The molecule has 0 heterocycles. The minimum Gasteiger partial charge on any atom is -0.487 e. The summed E-state index contributed by atoms with van der Waals surface area (Å²) in [5, 5.41) is 0. The third kappa shape index (κ3) is 8.55. The van der Waals surface area contributed by atoms with E-state index >= 15 is 0 Å². The third-order valence-electron chi connectivity index (χ3n) is 6.39. The summed E-state index contributed by atoms with van der Waals surface area (Å²) in [6.45, 7) is 30.1. The van der Waals surface area contributed by atoms with Crippen LogP contribution in [-0.2, 0) is 15.0 Å². The van der Waals surface area contributed by atoms with Crippen LogP contribution in [0.2, 0.25) is 0 Å². The molecule has 0 radical (unpaired) electrons. The molecular weight excluding hydrogens is 548 g/mol. The van der Waals surface area contributed by atoms with Crippen molar-refractivity contribution in [2.45, 2.75) is 113 Å². The monoisotopic (exact) mass is 596 g/mol. The normalized spacial score (nSPS) is 11.5. The van der Waals surface area contributed by atoms with E-state index in [9.17, 15) is 9.59 Å². The van der Waals surface area contributed by atoms with Gasteiger partial charge < -0.3 is 28.4 Å². The van der Waals surface area contributed by atoms with Crippen molar-refractivity contribution >= 4 is 11.9 Å². The first kappa shape index (κ1) is 35.3. The minimum absolute atomic E-state index is 0.204. The van der Waals surface area contributed by atoms with Gasteiger partial charge >= 0.3 is 11.9 Å². The van der Waals surface area contributed by atoms with Gasteiger partial charge in [-0.2, -0.15) is 0 Å². The van der Waals surface area contributed by atoms with Crippen LogP contribution in [0.4, 0.5) is 0 Å². The van der Waals surface area contributed by atoms with E-state index < -0.39 is 17.4 Å². The first-order valence-electron chi connectivity index (χ1n) is 14.7. The number of benzene rings is 2. The summed E-state index contributed by atoms with van der Waals surface area (Å²) < 4.78 is 36.9. The Hall–Kier alpha value is -3.94. The second-order valence-corrected chi connectivity index (χ2v) is 12.0. The van der Waals surface area contributed by atoms with Crippen LogP contribution < -0.4 is 28.4 Å². The average Bonchev–Trinajstić information content (AvgIpc) is 2.89. The minimum atomic E-state index is -0.912. The topological polar surface area (TPSA) is 89.5 Å². The first-order valence-corrected chi connectivity index (χ1v) is 14.7. The van der Waals surface area contributed by atoms with Crippen molar-refractivity contribution in [2.24, 2.45) is 0 Å². The van der Waals surface area contributed by atoms with Gasteiger partial charge in [-0.05, 0) is 81.4 Å². The number of carbonyl (C=O) groups is 2. The predicted molar refractivity (Wildman–Crippen MR) is 169 cm³/mol. The van der Waals surface area contributed by atoms with Crippen LogP contribution in [0.25, 0.3) is 0 Å². The third-order valence-corrected chi connectivity index (χ3v) is 6.39. The van der Waals surface area contributed by atoms with Crippen LogP contribution in [0.3, 0.4) is 0 Å². The molecule has 2 aromatic carbocycles. The fraction of sp³-hybridized carbons (Fsp3) is 0.486. The molecule has 0 aliphatic heterocycles. The van der Waals surface area contributed by atoms with Gasteiger partial charge in [0.25, 0.3) is 0 Å². The molecule has 0 N–H and O–H groups in total. The summed E-state index contributed by atoms with van der Waals surface area (Å²) in [4.78, 5) is 24.8. The number of rotatable bonds is 14. The summed E-state index contributed by atoms with van der Waals surface area (Å²) >= 11 is 0. The molecule has 0 aliphatic rings. The molecule has 236 valence electrons. The van der Waals surface area contributed by atoms with Crippen molar-refractivity contribution < 1.29 is 38.0 Å². The maximum atomic E-state index is 12.4. The molecule has 0 aromatic heterocycles. The van der Waals surface area contributed by atoms with Gasteiger partial charge in [0.05, 0.1) is 24.4 Å². The Morgan fingerprint density at radius 1 is 0.605 bits per heavy atom. The van der Waals surface area contributed by atoms with E-state index in [2.05, 4.69) is 13.2 Å². The second kappa shape index (κ2) is 14.5. The van der Waals surface area contributed by atoms with E-state index in [1.165, 1.54) is 0 Å². The van der Waals surface area contributed by atoms with E-state index in [1.807, 2.05) is 83.1 Å². The molecule has 0 spiro atoms. The van der Waals surface area contributed by atoms with Crippen LogP contribution in [0.1, 0.15) is 91.5 Å². The zero-order valence-corrected chi connectivity index (χ0v) is 27.8. The van der Waals surface area contributed by atoms with Gasteiger partial charge in [0, 0.05) is 39.8 Å². The quantitative estimate of drug-likeness (QED) is 0.123. The van der Waals surface area contributed by atoms with Gasteiger partial charge in [0.2, 0.25) is 0 Å². The zero-order chi connectivity index (χ0) is 32.8. The summed E-state index contributed by atoms with van der Waals surface area (Å²) in [7, 11) is 0. The Kier molecular flexibility index (Phi) is 11.9. The maximum Gasteiger partial charge on any atom is 0.335 e. The fourth-order valence-corrected chi connectivity index (χ4v) is 4.47. The summed E-state index contributed by atoms with van der Waals surface area (Å²) in [5.41, 5.74) is 1.61. The molecule has 0 aliphatic carbocycles. The van der Waals surface area contributed by atoms with E-state index in [4.69, 9.17) is 28.4 Å². The van der Waals surface area contributed by atoms with Gasteiger partial charge in [-0.15, -0.1) is 0 Å². The number of esters is 2. The Balaban J connectivity index is 3.15. The van der Waals surface area contributed by atoms with Crippen LogP contribution in [0.5, 0.6) is 34.5 Å². The molecule has 0 saturated heterocycles. The average molecular weight is 597 g/mol. The van der Waals surface area contributed by atoms with E-state index in [-0.39, 0.29) is 24.4 Å². The summed E-state index contributed by atoms with van der Waals surface area (Å²) in [5.74, 6) is 1.29. The molecule has 8 heteroatoms. The Bertz CT molecular complexity index is 1250. The van der Waals surface area contributed by atoms with Crippen LogP contribution >= 0.6 is 0 Å². The van der Waals surface area contributed by atoms with Crippen LogP contribution in [0, 0.1) is 13.8 Å². The van der Waals surface area contributed by atoms with Crippen LogP contribution in [0.15, 0.2) is 37.4 Å². The van der Waals surface area contributed by atoms with Crippen molar-refractivity contribution in [3.8, 4) is 34.5 Å². The maximum absolute atomic E-state index is 12.4. The van der Waals surface area contributed by atoms with Crippen LogP contribution in [-0.4, -0.2) is 36.4 Å². The largest absolute Gasteiger partial charge is 0.487 e. The Morgan fingerprint density at radius 3 is 1.14 bits per heavy atom. The standard InChI is InChI=1S/C35H48O8/c1-15-29(36)42-27-17-25(33(40-21(7)8)31(23(27)11)38-19(3)4)35(13,14)26-18-28(43-30(37)16-2)24(12)32(39-20(5)6)34(26)41-22(9)10/h15-22H,1-2H2,3-14H3. The fourth-order valence-electron chi connectivity index (χ4n) is 4.47. The molecule has 0 fully saturated rings. The van der Waals surface area contributed by atoms with Gasteiger partial charge in [0.1, 0.15) is 11.5 Å². The highest BCUT2D eigenvalue weighted by Crippen LogP contribution is 2.53. The van der Waals surface area contributed by atoms with Gasteiger partial charge in [-0.1, -0.05) is 27.0 Å². The van der Waals surface area contributed by atoms with Crippen molar-refractivity contribution in [2.75, 3.05) is 0 Å². The first-order chi connectivity index (χ1) is 19.9. The molecule has 2 aromatic rings. The van der Waals surface area contributed by atoms with Gasteiger partial charge in [0.15, 0.2) is 23.0 Å². The molecule has 8 nitrogen and oxygen atoms in total. The molecule has 0 amide bonds. The summed E-state index contributed by atoms with van der Waals surface area (Å²) in [6, 6.07) is 3.55. The Morgan fingerprint density at radius 2 is 0.884 bits per heavy atom. The van der Waals surface area contributed by atoms with Gasteiger partial charge in [-0.25, -0.2) is 9.59 Å². The number of hydrogen-bond acceptors (Lipinski definition) is 8. The molecule has 0 atom stereocenters. The molecule has 0 saturated carbocycles. The smallest absolute Gasteiger partial charge is 0.335 e. The molecule has 0 bridgehead atoms. The molecule has 2 rings (SSSR count). The van der Waals surface area contributed by atoms with Gasteiger partial charge in [-0.3, -0.25) is 0 Å². The van der Waals surface area contributed by atoms with Crippen molar-refractivity contribution in [1.29, 1.82) is 0 Å². The molecular formula is C35H48O8. The van der Waals surface area contributed by atoms with Crippen molar-refractivity contribution in [3.05, 3.63) is 59.7 Å². The van der Waals surface area contributed by atoms with Crippen molar-refractivity contribution in [3.63, 3.8) is 0 Å². The van der Waals surface area contributed by atoms with E-state index in [1.54, 1.807) is 12.1 Å². The number of carbonyl (C=O) groups excluding carboxylic acids is 2. The number of hydrogen-bond donors (Lipinski definition) is 0. The summed E-state index contributed by atoms with van der Waals surface area (Å²) in [6.07, 6.45) is 1.39. The zero-order valence-electron chi connectivity index (χ0n) is 27.8. The lowest BCUT2D eigenvalue weighted by Gasteiger charge is -2.34. The molecule has 43 heavy (non-hydrogen) atoms. The lowest BCUT2D eigenvalue weighted by molar-refractivity contribution is -0.129. The lowest BCUT2D eigenvalue weighted by atomic mass is 9.75.